The van der Waals surface area contributed by atoms with E-state index in [1.807, 2.05) is 27.2 Å². The van der Waals surface area contributed by atoms with Gasteiger partial charge in [0.25, 0.3) is 7.82 Å². The van der Waals surface area contributed by atoms with Crippen LogP contribution in [0.4, 0.5) is 0 Å². The molecule has 9 nitrogen and oxygen atoms in total. The average molecular weight is 776 g/mol. The summed E-state index contributed by atoms with van der Waals surface area (Å²) in [6.07, 6.45) is 45.0. The lowest BCUT2D eigenvalue weighted by Crippen LogP contribution is -2.37. The van der Waals surface area contributed by atoms with Crippen molar-refractivity contribution >= 4 is 19.8 Å². The highest BCUT2D eigenvalue weighted by molar-refractivity contribution is 7.45. The second kappa shape index (κ2) is 35.9. The van der Waals surface area contributed by atoms with Crippen molar-refractivity contribution in [3.8, 4) is 0 Å². The lowest BCUT2D eigenvalue weighted by atomic mass is 10.1. The van der Waals surface area contributed by atoms with E-state index in [-0.39, 0.29) is 26.1 Å². The van der Waals surface area contributed by atoms with Gasteiger partial charge in [-0.25, -0.2) is 0 Å². The van der Waals surface area contributed by atoms with Crippen molar-refractivity contribution in [3.05, 3.63) is 85.1 Å². The minimum absolute atomic E-state index is 0.0459. The normalized spacial score (nSPS) is 14.6. The van der Waals surface area contributed by atoms with E-state index >= 15 is 0 Å². The fourth-order valence-corrected chi connectivity index (χ4v) is 5.49. The minimum Gasteiger partial charge on any atom is -0.756 e. The van der Waals surface area contributed by atoms with Crippen LogP contribution in [0.3, 0.4) is 0 Å². The first-order valence-corrected chi connectivity index (χ1v) is 21.8. The Morgan fingerprint density at radius 1 is 0.593 bits per heavy atom. The summed E-state index contributed by atoms with van der Waals surface area (Å²) in [6.45, 7) is 3.96. The third-order valence-electron chi connectivity index (χ3n) is 7.93. The summed E-state index contributed by atoms with van der Waals surface area (Å²) in [5.74, 6) is -0.921. The molecule has 0 saturated heterocycles. The highest BCUT2D eigenvalue weighted by Crippen LogP contribution is 2.38. The van der Waals surface area contributed by atoms with Gasteiger partial charge in [-0.3, -0.25) is 14.2 Å². The SMILES string of the molecule is CC/C=C\C/C=C\C/C=C\C/C=C\C/C=C\C/C=C\C/C=C\CCCC(=O)OC(COC(=O)CCCCCCCCC)COP(=O)([O-])OCC[N+](C)(C)C. The summed E-state index contributed by atoms with van der Waals surface area (Å²) < 4.78 is 33.6. The summed E-state index contributed by atoms with van der Waals surface area (Å²) >= 11 is 0. The lowest BCUT2D eigenvalue weighted by molar-refractivity contribution is -0.870. The van der Waals surface area contributed by atoms with Crippen LogP contribution in [0.1, 0.15) is 129 Å². The Kier molecular flexibility index (Phi) is 34.0. The Balaban J connectivity index is 4.44. The molecule has 0 N–H and O–H groups in total. The number of rotatable bonds is 35. The third-order valence-corrected chi connectivity index (χ3v) is 8.89. The topological polar surface area (TPSA) is 111 Å². The summed E-state index contributed by atoms with van der Waals surface area (Å²) in [6, 6.07) is 0. The highest BCUT2D eigenvalue weighted by atomic mass is 31.2. The van der Waals surface area contributed by atoms with E-state index in [9.17, 15) is 19.0 Å². The van der Waals surface area contributed by atoms with Gasteiger partial charge < -0.3 is 27.9 Å². The van der Waals surface area contributed by atoms with E-state index in [0.29, 0.717) is 23.9 Å². The van der Waals surface area contributed by atoms with E-state index in [1.54, 1.807) is 0 Å². The molecule has 308 valence electrons. The predicted molar refractivity (Wildman–Crippen MR) is 222 cm³/mol. The molecule has 0 aliphatic rings. The molecule has 0 heterocycles. The maximum Gasteiger partial charge on any atom is 0.306 e. The van der Waals surface area contributed by atoms with Gasteiger partial charge in [0, 0.05) is 12.8 Å². The molecule has 0 rings (SSSR count). The Morgan fingerprint density at radius 3 is 1.56 bits per heavy atom. The number of phosphoric acid groups is 1. The number of unbranched alkanes of at least 4 members (excludes halogenated alkanes) is 7. The number of carbonyl (C=O) groups excluding carboxylic acids is 2. The third kappa shape index (κ3) is 38.9. The summed E-state index contributed by atoms with van der Waals surface area (Å²) in [5.41, 5.74) is 0. The van der Waals surface area contributed by atoms with Crippen LogP contribution in [0.25, 0.3) is 0 Å². The molecule has 0 aromatic heterocycles. The molecule has 0 aliphatic heterocycles. The largest absolute Gasteiger partial charge is 0.756 e. The molecule has 0 fully saturated rings. The average Bonchev–Trinajstić information content (AvgIpc) is 3.12. The van der Waals surface area contributed by atoms with Crippen LogP contribution in [0.5, 0.6) is 0 Å². The zero-order valence-electron chi connectivity index (χ0n) is 34.4. The molecule has 0 aliphatic carbocycles. The number of quaternary nitrogens is 1. The fourth-order valence-electron chi connectivity index (χ4n) is 4.76. The number of esters is 2. The van der Waals surface area contributed by atoms with Crippen LogP contribution in [0, 0.1) is 0 Å². The van der Waals surface area contributed by atoms with Crippen LogP contribution < -0.4 is 4.89 Å². The lowest BCUT2D eigenvalue weighted by Gasteiger charge is -2.28. The molecule has 0 radical (unpaired) electrons. The zero-order valence-corrected chi connectivity index (χ0v) is 35.3. The number of hydrogen-bond acceptors (Lipinski definition) is 8. The molecular weight excluding hydrogens is 701 g/mol. The zero-order chi connectivity index (χ0) is 40.0. The number of allylic oxidation sites excluding steroid dienone is 14. The second-order valence-corrected chi connectivity index (χ2v) is 15.7. The molecule has 2 unspecified atom stereocenters. The van der Waals surface area contributed by atoms with E-state index < -0.39 is 32.5 Å². The molecule has 0 saturated carbocycles. The van der Waals surface area contributed by atoms with Gasteiger partial charge in [0.1, 0.15) is 19.8 Å². The van der Waals surface area contributed by atoms with Crippen molar-refractivity contribution in [2.45, 2.75) is 136 Å². The molecule has 0 aromatic carbocycles. The van der Waals surface area contributed by atoms with Crippen LogP contribution in [-0.2, 0) is 32.7 Å². The van der Waals surface area contributed by atoms with Crippen molar-refractivity contribution in [2.75, 3.05) is 47.5 Å². The first-order valence-electron chi connectivity index (χ1n) is 20.3. The smallest absolute Gasteiger partial charge is 0.306 e. The van der Waals surface area contributed by atoms with Crippen molar-refractivity contribution in [2.24, 2.45) is 0 Å². The quantitative estimate of drug-likeness (QED) is 0.0206. The van der Waals surface area contributed by atoms with Gasteiger partial charge in [0.2, 0.25) is 0 Å². The van der Waals surface area contributed by atoms with E-state index in [0.717, 1.165) is 70.6 Å². The predicted octanol–water partition coefficient (Wildman–Crippen LogP) is 10.6. The summed E-state index contributed by atoms with van der Waals surface area (Å²) in [5, 5.41) is 0. The van der Waals surface area contributed by atoms with Crippen LogP contribution in [0.2, 0.25) is 0 Å². The molecule has 0 amide bonds. The molecule has 2 atom stereocenters. The van der Waals surface area contributed by atoms with E-state index in [2.05, 4.69) is 92.8 Å². The van der Waals surface area contributed by atoms with Crippen LogP contribution in [0.15, 0.2) is 85.1 Å². The number of nitrogens with zero attached hydrogens (tertiary/aromatic N) is 1. The Bertz CT molecular complexity index is 1200. The Labute approximate surface area is 329 Å². The monoisotopic (exact) mass is 776 g/mol. The standard InChI is InChI=1S/C44H74NO8P/c1-6-8-10-12-14-15-16-17-18-19-20-21-22-23-24-25-26-27-28-29-31-33-35-37-44(47)53-42(41-52-54(48,49)51-39-38-45(3,4)5)40-50-43(46)36-34-32-30-13-11-9-7-2/h8,10,14-15,17-18,20-21,23-24,26-27,29,31,42H,6-7,9,11-13,16,19,22,25,28,30,32-41H2,1-5H3/b10-8-,15-14-,18-17-,21-20-,24-23-,27-26-,31-29-. The van der Waals surface area contributed by atoms with Gasteiger partial charge in [-0.2, -0.15) is 0 Å². The van der Waals surface area contributed by atoms with E-state index in [4.69, 9.17) is 18.5 Å². The molecule has 0 spiro atoms. The van der Waals surface area contributed by atoms with Crippen molar-refractivity contribution in [1.82, 2.24) is 0 Å². The number of ether oxygens (including phenoxy) is 2. The number of carbonyl (C=O) groups is 2. The molecule has 10 heteroatoms. The number of phosphoric ester groups is 1. The molecule has 0 bridgehead atoms. The maximum atomic E-state index is 12.6. The minimum atomic E-state index is -4.64. The molecule has 0 aromatic rings. The second-order valence-electron chi connectivity index (χ2n) is 14.3. The van der Waals surface area contributed by atoms with Crippen molar-refractivity contribution in [1.29, 1.82) is 0 Å². The highest BCUT2D eigenvalue weighted by Gasteiger charge is 2.21. The van der Waals surface area contributed by atoms with Gasteiger partial charge in [0.15, 0.2) is 6.10 Å². The van der Waals surface area contributed by atoms with Crippen molar-refractivity contribution < 1.29 is 42.1 Å². The Morgan fingerprint density at radius 2 is 1.06 bits per heavy atom. The summed E-state index contributed by atoms with van der Waals surface area (Å²) in [4.78, 5) is 37.2. The molecular formula is C44H74NO8P. The van der Waals surface area contributed by atoms with Crippen LogP contribution >= 0.6 is 7.82 Å². The van der Waals surface area contributed by atoms with Gasteiger partial charge in [0.05, 0.1) is 27.7 Å². The number of hydrogen-bond donors (Lipinski definition) is 0. The van der Waals surface area contributed by atoms with E-state index in [1.165, 1.54) is 19.3 Å². The van der Waals surface area contributed by atoms with Gasteiger partial charge in [-0.15, -0.1) is 0 Å². The van der Waals surface area contributed by atoms with Gasteiger partial charge in [-0.05, 0) is 64.2 Å². The van der Waals surface area contributed by atoms with Crippen molar-refractivity contribution in [3.63, 3.8) is 0 Å². The van der Waals surface area contributed by atoms with Gasteiger partial charge in [-0.1, -0.05) is 137 Å². The first kappa shape index (κ1) is 51.2. The summed E-state index contributed by atoms with van der Waals surface area (Å²) in [7, 11) is 1.11. The van der Waals surface area contributed by atoms with Crippen LogP contribution in [-0.4, -0.2) is 70.0 Å². The Hall–Kier alpha value is -2.81. The maximum absolute atomic E-state index is 12.6. The van der Waals surface area contributed by atoms with Gasteiger partial charge >= 0.3 is 11.9 Å². The first-order chi connectivity index (χ1) is 26.0. The molecule has 54 heavy (non-hydrogen) atoms. The fraction of sp³-hybridized carbons (Fsp3) is 0.636. The number of likely N-dealkylation sites (N-methyl/N-ethyl adjacent to an activating group) is 1.